The van der Waals surface area contributed by atoms with Crippen LogP contribution in [0.3, 0.4) is 0 Å². The molecule has 0 spiro atoms. The lowest BCUT2D eigenvalue weighted by Gasteiger charge is -2.11. The first-order valence-corrected chi connectivity index (χ1v) is 6.34. The molecule has 8 heteroatoms. The van der Waals surface area contributed by atoms with Crippen LogP contribution >= 0.6 is 15.9 Å². The molecule has 0 radical (unpaired) electrons. The van der Waals surface area contributed by atoms with E-state index < -0.39 is 34.9 Å². The number of nitrogens with one attached hydrogen (secondary N) is 2. The number of hydrazine groups is 1. The van der Waals surface area contributed by atoms with E-state index in [0.29, 0.717) is 6.07 Å². The van der Waals surface area contributed by atoms with E-state index in [1.165, 1.54) is 6.07 Å². The first kappa shape index (κ1) is 15.3. The Morgan fingerprint density at radius 1 is 1.00 bits per heavy atom. The SMILES string of the molecule is O=C(NNc1ccc(F)c(F)c1F)c1ccc(F)cc1Br. The van der Waals surface area contributed by atoms with E-state index >= 15 is 0 Å². The van der Waals surface area contributed by atoms with Gasteiger partial charge in [0.25, 0.3) is 5.91 Å². The summed E-state index contributed by atoms with van der Waals surface area (Å²) < 4.78 is 52.2. The van der Waals surface area contributed by atoms with Crippen LogP contribution in [0.25, 0.3) is 0 Å². The van der Waals surface area contributed by atoms with Gasteiger partial charge in [0.15, 0.2) is 17.5 Å². The number of benzene rings is 2. The van der Waals surface area contributed by atoms with E-state index in [0.717, 1.165) is 18.2 Å². The molecule has 0 saturated heterocycles. The molecule has 0 unspecified atom stereocenters. The molecule has 2 N–H and O–H groups in total. The first-order chi connectivity index (χ1) is 9.90. The largest absolute Gasteiger partial charge is 0.295 e. The van der Waals surface area contributed by atoms with Gasteiger partial charge in [0.1, 0.15) is 5.82 Å². The molecule has 0 aromatic heterocycles. The summed E-state index contributed by atoms with van der Waals surface area (Å²) in [6, 6.07) is 4.98. The average molecular weight is 363 g/mol. The fourth-order valence-corrected chi connectivity index (χ4v) is 2.02. The fourth-order valence-electron chi connectivity index (χ4n) is 1.49. The van der Waals surface area contributed by atoms with E-state index in [1.54, 1.807) is 0 Å². The summed E-state index contributed by atoms with van der Waals surface area (Å²) in [7, 11) is 0. The number of hydrogen-bond donors (Lipinski definition) is 2. The maximum atomic E-state index is 13.4. The van der Waals surface area contributed by atoms with E-state index in [4.69, 9.17) is 0 Å². The minimum absolute atomic E-state index is 0.0758. The van der Waals surface area contributed by atoms with Crippen LogP contribution in [-0.2, 0) is 0 Å². The molecule has 0 aliphatic rings. The summed E-state index contributed by atoms with van der Waals surface area (Å²) in [5.74, 6) is -5.72. The molecule has 0 fully saturated rings. The van der Waals surface area contributed by atoms with Crippen molar-refractivity contribution in [2.45, 2.75) is 0 Å². The molecule has 2 rings (SSSR count). The number of hydrogen-bond acceptors (Lipinski definition) is 2. The molecule has 1 amide bonds. The molecule has 0 bridgehead atoms. The van der Waals surface area contributed by atoms with Crippen molar-refractivity contribution in [1.82, 2.24) is 5.43 Å². The van der Waals surface area contributed by atoms with Gasteiger partial charge in [0.05, 0.1) is 11.3 Å². The van der Waals surface area contributed by atoms with Crippen LogP contribution in [0.5, 0.6) is 0 Å². The van der Waals surface area contributed by atoms with Crippen LogP contribution in [0.1, 0.15) is 10.4 Å². The van der Waals surface area contributed by atoms with Gasteiger partial charge < -0.3 is 0 Å². The molecular weight excluding hydrogens is 356 g/mol. The highest BCUT2D eigenvalue weighted by Gasteiger charge is 2.15. The van der Waals surface area contributed by atoms with Crippen molar-refractivity contribution in [2.24, 2.45) is 0 Å². The molecule has 21 heavy (non-hydrogen) atoms. The van der Waals surface area contributed by atoms with Gasteiger partial charge in [-0.25, -0.2) is 17.6 Å². The molecule has 0 atom stereocenters. The Balaban J connectivity index is 2.13. The smallest absolute Gasteiger partial charge is 0.270 e. The quantitative estimate of drug-likeness (QED) is 0.495. The second kappa shape index (κ2) is 6.13. The number of halogens is 5. The van der Waals surface area contributed by atoms with Crippen LogP contribution in [0.15, 0.2) is 34.8 Å². The van der Waals surface area contributed by atoms with Crippen molar-refractivity contribution in [3.63, 3.8) is 0 Å². The highest BCUT2D eigenvalue weighted by atomic mass is 79.9. The van der Waals surface area contributed by atoms with Crippen LogP contribution in [0.2, 0.25) is 0 Å². The van der Waals surface area contributed by atoms with Crippen molar-refractivity contribution in [3.05, 3.63) is 63.6 Å². The summed E-state index contributed by atoms with van der Waals surface area (Å²) in [6.45, 7) is 0. The van der Waals surface area contributed by atoms with Crippen LogP contribution in [0, 0.1) is 23.3 Å². The summed E-state index contributed by atoms with van der Waals surface area (Å²) in [5.41, 5.74) is 3.85. The topological polar surface area (TPSA) is 41.1 Å². The van der Waals surface area contributed by atoms with Crippen molar-refractivity contribution in [1.29, 1.82) is 0 Å². The van der Waals surface area contributed by atoms with E-state index in [-0.39, 0.29) is 10.0 Å². The molecule has 2 aromatic rings. The molecule has 0 heterocycles. The molecule has 2 aromatic carbocycles. The second-order valence-electron chi connectivity index (χ2n) is 3.93. The zero-order valence-corrected chi connectivity index (χ0v) is 11.8. The van der Waals surface area contributed by atoms with Crippen molar-refractivity contribution in [2.75, 3.05) is 5.43 Å². The predicted molar refractivity (Wildman–Crippen MR) is 71.5 cm³/mol. The molecular formula is C13H7BrF4N2O. The predicted octanol–water partition coefficient (Wildman–Crippen LogP) is 3.76. The minimum atomic E-state index is -1.66. The van der Waals surface area contributed by atoms with E-state index in [9.17, 15) is 22.4 Å². The maximum absolute atomic E-state index is 13.4. The molecule has 110 valence electrons. The summed E-state index contributed by atoms with van der Waals surface area (Å²) in [6.07, 6.45) is 0. The molecule has 0 aliphatic carbocycles. The zero-order chi connectivity index (χ0) is 15.6. The summed E-state index contributed by atoms with van der Waals surface area (Å²) in [4.78, 5) is 11.8. The fraction of sp³-hybridized carbons (Fsp3) is 0. The lowest BCUT2D eigenvalue weighted by molar-refractivity contribution is 0.0961. The van der Waals surface area contributed by atoms with Crippen molar-refractivity contribution >= 4 is 27.5 Å². The molecule has 0 saturated carbocycles. The van der Waals surface area contributed by atoms with Gasteiger partial charge in [-0.1, -0.05) is 0 Å². The highest BCUT2D eigenvalue weighted by molar-refractivity contribution is 9.10. The summed E-state index contributed by atoms with van der Waals surface area (Å²) >= 11 is 3.00. The van der Waals surface area contributed by atoms with Gasteiger partial charge in [-0.3, -0.25) is 15.6 Å². The maximum Gasteiger partial charge on any atom is 0.270 e. The average Bonchev–Trinajstić information content (AvgIpc) is 2.44. The number of amides is 1. The Kier molecular flexibility index (Phi) is 4.46. The van der Waals surface area contributed by atoms with E-state index in [1.807, 2.05) is 0 Å². The van der Waals surface area contributed by atoms with Gasteiger partial charge in [-0.2, -0.15) is 0 Å². The van der Waals surface area contributed by atoms with E-state index in [2.05, 4.69) is 26.8 Å². The minimum Gasteiger partial charge on any atom is -0.295 e. The van der Waals surface area contributed by atoms with Crippen molar-refractivity contribution in [3.8, 4) is 0 Å². The van der Waals surface area contributed by atoms with Crippen LogP contribution in [0.4, 0.5) is 23.2 Å². The Labute approximate surface area is 125 Å². The number of rotatable bonds is 3. The Bertz CT molecular complexity index is 709. The van der Waals surface area contributed by atoms with Crippen LogP contribution in [-0.4, -0.2) is 5.91 Å². The third-order valence-electron chi connectivity index (χ3n) is 2.52. The Hall–Kier alpha value is -2.09. The second-order valence-corrected chi connectivity index (χ2v) is 4.78. The normalized spacial score (nSPS) is 10.3. The Morgan fingerprint density at radius 2 is 1.71 bits per heavy atom. The van der Waals surface area contributed by atoms with Gasteiger partial charge in [0.2, 0.25) is 0 Å². The number of carbonyl (C=O) groups excluding carboxylic acids is 1. The monoisotopic (exact) mass is 362 g/mol. The molecule has 3 nitrogen and oxygen atoms in total. The zero-order valence-electron chi connectivity index (χ0n) is 10.2. The Morgan fingerprint density at radius 3 is 2.38 bits per heavy atom. The highest BCUT2D eigenvalue weighted by Crippen LogP contribution is 2.20. The van der Waals surface area contributed by atoms with Gasteiger partial charge in [0, 0.05) is 4.47 Å². The van der Waals surface area contributed by atoms with Gasteiger partial charge in [-0.15, -0.1) is 0 Å². The standard InChI is InChI=1S/C13H7BrF4N2O/c14-8-5-6(15)1-2-7(8)13(21)20-19-10-4-3-9(16)11(17)12(10)18/h1-5,19H,(H,20,21). The lowest BCUT2D eigenvalue weighted by atomic mass is 10.2. The van der Waals surface area contributed by atoms with Gasteiger partial charge >= 0.3 is 0 Å². The summed E-state index contributed by atoms with van der Waals surface area (Å²) in [5, 5.41) is 0. The number of anilines is 1. The third kappa shape index (κ3) is 3.33. The van der Waals surface area contributed by atoms with Crippen molar-refractivity contribution < 1.29 is 22.4 Å². The number of carbonyl (C=O) groups is 1. The molecule has 0 aliphatic heterocycles. The van der Waals surface area contributed by atoms with Crippen LogP contribution < -0.4 is 10.9 Å². The third-order valence-corrected chi connectivity index (χ3v) is 3.18. The van der Waals surface area contributed by atoms with Gasteiger partial charge in [-0.05, 0) is 46.3 Å². The lowest BCUT2D eigenvalue weighted by Crippen LogP contribution is -2.30. The first-order valence-electron chi connectivity index (χ1n) is 5.55.